The van der Waals surface area contributed by atoms with Gasteiger partial charge in [-0.2, -0.15) is 5.10 Å². The normalized spacial score (nSPS) is 9.61. The molecule has 7 heteroatoms. The second-order valence-electron chi connectivity index (χ2n) is 4.21. The van der Waals surface area contributed by atoms with E-state index in [1.165, 1.54) is 0 Å². The van der Waals surface area contributed by atoms with Gasteiger partial charge in [0.2, 0.25) is 0 Å². The zero-order valence-electron chi connectivity index (χ0n) is 12.4. The molecule has 0 bridgehead atoms. The summed E-state index contributed by atoms with van der Waals surface area (Å²) in [6.45, 7) is 8.97. The Morgan fingerprint density at radius 2 is 1.91 bits per heavy atom. The summed E-state index contributed by atoms with van der Waals surface area (Å²) in [6.07, 6.45) is 3.49. The van der Waals surface area contributed by atoms with E-state index in [9.17, 15) is 0 Å². The molecule has 1 aromatic carbocycles. The summed E-state index contributed by atoms with van der Waals surface area (Å²) in [4.78, 5) is 8.92. The maximum absolute atomic E-state index is 6.50. The molecule has 0 atom stereocenters. The lowest BCUT2D eigenvalue weighted by molar-refractivity contribution is 1.20. The average Bonchev–Trinajstić information content (AvgIpc) is 3.03. The first-order valence-electron chi connectivity index (χ1n) is 6.35. The van der Waals surface area contributed by atoms with Gasteiger partial charge < -0.3 is 5.84 Å². The maximum Gasteiger partial charge on any atom is 0.126 e. The molecule has 0 aliphatic rings. The molecular formula is C16H14N6S. The predicted molar refractivity (Wildman–Crippen MR) is 92.7 cm³/mol. The van der Waals surface area contributed by atoms with Gasteiger partial charge in [-0.25, -0.2) is 15.5 Å². The number of benzene rings is 1. The topological polar surface area (TPSA) is 112 Å². The van der Waals surface area contributed by atoms with E-state index in [0.717, 1.165) is 32.0 Å². The number of aryl methyl sites for hydroxylation is 1. The van der Waals surface area contributed by atoms with Gasteiger partial charge in [-0.15, -0.1) is 11.3 Å². The van der Waals surface area contributed by atoms with Crippen molar-refractivity contribution in [1.29, 1.82) is 10.5 Å². The molecular weight excluding hydrogens is 308 g/mol. The Morgan fingerprint density at radius 3 is 2.52 bits per heavy atom. The lowest BCUT2D eigenvalue weighted by atomic mass is 10.2. The average molecular weight is 322 g/mol. The van der Waals surface area contributed by atoms with E-state index < -0.39 is 0 Å². The molecule has 0 fully saturated rings. The lowest BCUT2D eigenvalue weighted by Gasteiger charge is -1.95. The SMILES string of the molecule is C#N.C#N.Cc1ccc(-c2nc3ccc(C=NN)cc3s2)cn1. The third-order valence-electron chi connectivity index (χ3n) is 2.79. The smallest absolute Gasteiger partial charge is 0.126 e. The van der Waals surface area contributed by atoms with E-state index in [-0.39, 0.29) is 0 Å². The minimum Gasteiger partial charge on any atom is -0.323 e. The molecule has 0 spiro atoms. The fourth-order valence-corrected chi connectivity index (χ4v) is 2.83. The van der Waals surface area contributed by atoms with Crippen molar-refractivity contribution >= 4 is 27.8 Å². The highest BCUT2D eigenvalue weighted by molar-refractivity contribution is 7.21. The van der Waals surface area contributed by atoms with Gasteiger partial charge in [0.25, 0.3) is 0 Å². The van der Waals surface area contributed by atoms with Crippen LogP contribution in [-0.2, 0) is 0 Å². The van der Waals surface area contributed by atoms with Crippen LogP contribution in [0.2, 0.25) is 0 Å². The fourth-order valence-electron chi connectivity index (χ4n) is 1.83. The van der Waals surface area contributed by atoms with Gasteiger partial charge in [-0.05, 0) is 36.8 Å². The van der Waals surface area contributed by atoms with Crippen LogP contribution in [0.1, 0.15) is 11.3 Å². The minimum absolute atomic E-state index is 0.976. The summed E-state index contributed by atoms with van der Waals surface area (Å²) in [5, 5.41) is 17.5. The third kappa shape index (κ3) is 4.34. The van der Waals surface area contributed by atoms with E-state index in [2.05, 4.69) is 28.2 Å². The molecule has 6 nitrogen and oxygen atoms in total. The van der Waals surface area contributed by atoms with E-state index in [4.69, 9.17) is 16.4 Å². The third-order valence-corrected chi connectivity index (χ3v) is 3.86. The van der Waals surface area contributed by atoms with Crippen molar-refractivity contribution in [3.05, 3.63) is 47.8 Å². The van der Waals surface area contributed by atoms with Crippen molar-refractivity contribution in [2.75, 3.05) is 0 Å². The highest BCUT2D eigenvalue weighted by atomic mass is 32.1. The molecule has 2 aromatic heterocycles. The Bertz CT molecular complexity index is 824. The van der Waals surface area contributed by atoms with Gasteiger partial charge >= 0.3 is 0 Å². The Morgan fingerprint density at radius 1 is 1.17 bits per heavy atom. The summed E-state index contributed by atoms with van der Waals surface area (Å²) in [7, 11) is 0. The number of fused-ring (bicyclic) bond motifs is 1. The number of nitrogens with two attached hydrogens (primary N) is 1. The van der Waals surface area contributed by atoms with Crippen LogP contribution in [0.5, 0.6) is 0 Å². The maximum atomic E-state index is 6.50. The molecule has 3 rings (SSSR count). The van der Waals surface area contributed by atoms with Crippen LogP contribution in [0.3, 0.4) is 0 Å². The van der Waals surface area contributed by atoms with E-state index in [0.29, 0.717) is 0 Å². The van der Waals surface area contributed by atoms with Gasteiger partial charge in [0, 0.05) is 30.6 Å². The van der Waals surface area contributed by atoms with Crippen molar-refractivity contribution in [2.45, 2.75) is 6.92 Å². The number of aromatic nitrogens is 2. The molecule has 0 radical (unpaired) electrons. The van der Waals surface area contributed by atoms with Crippen LogP contribution in [-0.4, -0.2) is 16.2 Å². The zero-order valence-corrected chi connectivity index (χ0v) is 13.2. The molecule has 2 heterocycles. The van der Waals surface area contributed by atoms with Crippen molar-refractivity contribution < 1.29 is 0 Å². The number of hydrazone groups is 1. The van der Waals surface area contributed by atoms with E-state index in [1.54, 1.807) is 17.6 Å². The summed E-state index contributed by atoms with van der Waals surface area (Å²) >= 11 is 1.64. The highest BCUT2D eigenvalue weighted by Crippen LogP contribution is 2.30. The second kappa shape index (κ2) is 8.88. The molecule has 0 saturated carbocycles. The summed E-state index contributed by atoms with van der Waals surface area (Å²) in [6, 6.07) is 10.0. The molecule has 0 aliphatic carbocycles. The Balaban J connectivity index is 0.000000615. The van der Waals surface area contributed by atoms with Crippen LogP contribution in [0.4, 0.5) is 0 Å². The molecule has 0 unspecified atom stereocenters. The quantitative estimate of drug-likeness (QED) is 0.442. The highest BCUT2D eigenvalue weighted by Gasteiger charge is 2.06. The van der Waals surface area contributed by atoms with Crippen LogP contribution >= 0.6 is 11.3 Å². The molecule has 2 N–H and O–H groups in total. The van der Waals surface area contributed by atoms with Crippen molar-refractivity contribution in [3.63, 3.8) is 0 Å². The summed E-state index contributed by atoms with van der Waals surface area (Å²) in [5.74, 6) is 5.16. The molecule has 0 amide bonds. The van der Waals surface area contributed by atoms with Crippen LogP contribution in [0, 0.1) is 30.6 Å². The first kappa shape index (κ1) is 17.8. The van der Waals surface area contributed by atoms with Crippen molar-refractivity contribution in [3.8, 4) is 23.7 Å². The number of nitriles is 2. The predicted octanol–water partition coefficient (Wildman–Crippen LogP) is 3.24. The zero-order chi connectivity index (χ0) is 17.2. The number of thiazole rings is 1. The standard InChI is InChI=1S/C14H12N4S.2CHN/c1-9-2-4-11(8-16-9)14-18-12-5-3-10(7-17-15)6-13(12)19-14;2*1-2/h2-8H,15H2,1H3;2*1H. The Hall–Kier alpha value is -3.29. The van der Waals surface area contributed by atoms with Gasteiger partial charge in [0.1, 0.15) is 5.01 Å². The lowest BCUT2D eigenvalue weighted by Crippen LogP contribution is -1.85. The van der Waals surface area contributed by atoms with Crippen LogP contribution in [0.15, 0.2) is 41.6 Å². The molecule has 0 aliphatic heterocycles. The Labute approximate surface area is 138 Å². The Kier molecular flexibility index (Phi) is 6.86. The van der Waals surface area contributed by atoms with E-state index >= 15 is 0 Å². The van der Waals surface area contributed by atoms with Crippen LogP contribution in [0.25, 0.3) is 20.8 Å². The van der Waals surface area contributed by atoms with Crippen molar-refractivity contribution in [2.24, 2.45) is 10.9 Å². The van der Waals surface area contributed by atoms with Gasteiger partial charge in [0.05, 0.1) is 16.4 Å². The van der Waals surface area contributed by atoms with Crippen molar-refractivity contribution in [1.82, 2.24) is 9.97 Å². The number of hydrogen-bond acceptors (Lipinski definition) is 7. The fraction of sp³-hybridized carbons (Fsp3) is 0.0625. The monoisotopic (exact) mass is 322 g/mol. The van der Waals surface area contributed by atoms with E-state index in [1.807, 2.05) is 43.5 Å². The van der Waals surface area contributed by atoms with Crippen LogP contribution < -0.4 is 5.84 Å². The first-order valence-corrected chi connectivity index (χ1v) is 7.16. The number of hydrogen-bond donors (Lipinski definition) is 1. The molecule has 0 saturated heterocycles. The second-order valence-corrected chi connectivity index (χ2v) is 5.24. The molecule has 23 heavy (non-hydrogen) atoms. The van der Waals surface area contributed by atoms with Gasteiger partial charge in [-0.1, -0.05) is 6.07 Å². The van der Waals surface area contributed by atoms with Gasteiger partial charge in [0.15, 0.2) is 0 Å². The summed E-state index contributed by atoms with van der Waals surface area (Å²) in [5.41, 5.74) is 4.01. The molecule has 3 aromatic rings. The minimum atomic E-state index is 0.976. The summed E-state index contributed by atoms with van der Waals surface area (Å²) < 4.78 is 1.12. The first-order chi connectivity index (χ1) is 11.3. The number of pyridine rings is 1. The number of rotatable bonds is 2. The largest absolute Gasteiger partial charge is 0.323 e. The van der Waals surface area contributed by atoms with Gasteiger partial charge in [-0.3, -0.25) is 4.98 Å². The number of nitrogens with zero attached hydrogens (tertiary/aromatic N) is 5. The molecule has 114 valence electrons.